The Balaban J connectivity index is 1.65. The maximum Gasteiger partial charge on any atom is 0.291 e. The Kier molecular flexibility index (Phi) is 2.96. The number of anilines is 1. The van der Waals surface area contributed by atoms with Crippen LogP contribution in [0.3, 0.4) is 0 Å². The molecule has 20 heavy (non-hydrogen) atoms. The smallest absolute Gasteiger partial charge is 0.291 e. The molecule has 7 nitrogen and oxygen atoms in total. The van der Waals surface area contributed by atoms with Crippen molar-refractivity contribution < 1.29 is 9.21 Å². The molecule has 0 radical (unpaired) electrons. The van der Waals surface area contributed by atoms with Crippen molar-refractivity contribution in [1.29, 1.82) is 0 Å². The zero-order valence-corrected chi connectivity index (χ0v) is 11.5. The Morgan fingerprint density at radius 1 is 1.60 bits per heavy atom. The minimum absolute atomic E-state index is 0.0600. The molecule has 0 spiro atoms. The first-order valence-corrected chi connectivity index (χ1v) is 6.56. The summed E-state index contributed by atoms with van der Waals surface area (Å²) in [6, 6.07) is 3.91. The lowest BCUT2D eigenvalue weighted by Gasteiger charge is -2.13. The second-order valence-electron chi connectivity index (χ2n) is 5.33. The molecule has 1 aliphatic carbocycles. The van der Waals surface area contributed by atoms with Gasteiger partial charge in [-0.3, -0.25) is 9.89 Å². The Bertz CT molecular complexity index is 632. The minimum atomic E-state index is -0.271. The summed E-state index contributed by atoms with van der Waals surface area (Å²) in [6.07, 6.45) is 1.18. The van der Waals surface area contributed by atoms with Crippen LogP contribution in [0.4, 0.5) is 5.95 Å². The van der Waals surface area contributed by atoms with Gasteiger partial charge >= 0.3 is 0 Å². The fraction of sp³-hybridized carbons (Fsp3) is 0.462. The van der Waals surface area contributed by atoms with Crippen LogP contribution >= 0.6 is 0 Å². The van der Waals surface area contributed by atoms with Crippen LogP contribution in [0, 0.1) is 5.92 Å². The second-order valence-corrected chi connectivity index (χ2v) is 5.33. The maximum atomic E-state index is 12.1. The quantitative estimate of drug-likeness (QED) is 0.877. The van der Waals surface area contributed by atoms with Gasteiger partial charge < -0.3 is 15.1 Å². The van der Waals surface area contributed by atoms with E-state index in [-0.39, 0.29) is 17.7 Å². The van der Waals surface area contributed by atoms with E-state index in [9.17, 15) is 4.79 Å². The van der Waals surface area contributed by atoms with E-state index in [0.717, 1.165) is 11.5 Å². The summed E-state index contributed by atoms with van der Waals surface area (Å²) in [5.74, 6) is 2.94. The van der Waals surface area contributed by atoms with Crippen molar-refractivity contribution in [3.63, 3.8) is 0 Å². The summed E-state index contributed by atoms with van der Waals surface area (Å²) in [5.41, 5.74) is 5.38. The fourth-order valence-electron chi connectivity index (χ4n) is 2.25. The third-order valence-corrected chi connectivity index (χ3v) is 3.60. The zero-order valence-electron chi connectivity index (χ0n) is 11.5. The number of nitrogen functional groups attached to an aromatic ring is 1. The molecule has 1 amide bonds. The maximum absolute atomic E-state index is 12.1. The van der Waals surface area contributed by atoms with Crippen molar-refractivity contribution >= 4 is 11.9 Å². The average molecular weight is 275 g/mol. The first kappa shape index (κ1) is 12.7. The van der Waals surface area contributed by atoms with E-state index in [1.165, 1.54) is 11.3 Å². The standard InChI is InChI=1S/C13H17N5O2/c1-7-5-9(7)10-4-3-8(20-10)6-18(2)12(19)11-15-13(14)17-16-11/h3-4,7,9H,5-6H2,1-2H3,(H3,14,15,16,17). The number of nitrogens with one attached hydrogen (secondary N) is 1. The van der Waals surface area contributed by atoms with Crippen LogP contribution < -0.4 is 5.73 Å². The lowest BCUT2D eigenvalue weighted by molar-refractivity contribution is 0.0763. The minimum Gasteiger partial charge on any atom is -0.464 e. The highest BCUT2D eigenvalue weighted by Crippen LogP contribution is 2.47. The third kappa shape index (κ3) is 2.38. The number of nitrogens with zero attached hydrogens (tertiary/aromatic N) is 3. The predicted octanol–water partition coefficient (Wildman–Crippen LogP) is 1.38. The molecule has 2 heterocycles. The number of aromatic nitrogens is 3. The van der Waals surface area contributed by atoms with Gasteiger partial charge in [0.1, 0.15) is 11.5 Å². The Hall–Kier alpha value is -2.31. The van der Waals surface area contributed by atoms with E-state index in [4.69, 9.17) is 10.2 Å². The van der Waals surface area contributed by atoms with Crippen LogP contribution in [0.5, 0.6) is 0 Å². The summed E-state index contributed by atoms with van der Waals surface area (Å²) in [7, 11) is 1.68. The molecule has 0 saturated heterocycles. The van der Waals surface area contributed by atoms with Gasteiger partial charge in [-0.1, -0.05) is 6.92 Å². The van der Waals surface area contributed by atoms with E-state index < -0.39 is 0 Å². The lowest BCUT2D eigenvalue weighted by Crippen LogP contribution is -2.27. The highest BCUT2D eigenvalue weighted by atomic mass is 16.3. The molecule has 0 aromatic carbocycles. The van der Waals surface area contributed by atoms with Gasteiger partial charge in [-0.15, -0.1) is 5.10 Å². The fourth-order valence-corrected chi connectivity index (χ4v) is 2.25. The van der Waals surface area contributed by atoms with Crippen LogP contribution in [0.25, 0.3) is 0 Å². The van der Waals surface area contributed by atoms with Gasteiger partial charge in [0.15, 0.2) is 0 Å². The first-order valence-electron chi connectivity index (χ1n) is 6.56. The van der Waals surface area contributed by atoms with Gasteiger partial charge in [0, 0.05) is 13.0 Å². The normalized spacial score (nSPS) is 20.9. The van der Waals surface area contributed by atoms with Crippen molar-refractivity contribution in [2.75, 3.05) is 12.8 Å². The van der Waals surface area contributed by atoms with Gasteiger partial charge in [0.05, 0.1) is 6.54 Å². The summed E-state index contributed by atoms with van der Waals surface area (Å²) in [6.45, 7) is 2.59. The van der Waals surface area contributed by atoms with Gasteiger partial charge in [-0.2, -0.15) is 4.98 Å². The van der Waals surface area contributed by atoms with Crippen LogP contribution in [0.15, 0.2) is 16.5 Å². The monoisotopic (exact) mass is 275 g/mol. The Morgan fingerprint density at radius 3 is 2.95 bits per heavy atom. The van der Waals surface area contributed by atoms with Crippen molar-refractivity contribution in [3.05, 3.63) is 29.5 Å². The molecule has 1 aliphatic rings. The predicted molar refractivity (Wildman–Crippen MR) is 71.8 cm³/mol. The molecule has 0 bridgehead atoms. The molecule has 2 unspecified atom stereocenters. The number of furan rings is 1. The number of amides is 1. The number of hydrogen-bond acceptors (Lipinski definition) is 5. The number of H-pyrrole nitrogens is 1. The van der Waals surface area contributed by atoms with Gasteiger partial charge in [-0.25, -0.2) is 0 Å². The molecule has 1 fully saturated rings. The summed E-state index contributed by atoms with van der Waals surface area (Å²) in [5, 5.41) is 6.14. The summed E-state index contributed by atoms with van der Waals surface area (Å²) >= 11 is 0. The van der Waals surface area contributed by atoms with E-state index in [2.05, 4.69) is 22.1 Å². The summed E-state index contributed by atoms with van der Waals surface area (Å²) < 4.78 is 5.78. The van der Waals surface area contributed by atoms with E-state index >= 15 is 0 Å². The molecule has 1 saturated carbocycles. The molecule has 2 atom stereocenters. The highest BCUT2D eigenvalue weighted by molar-refractivity contribution is 5.90. The van der Waals surface area contributed by atoms with E-state index in [1.807, 2.05) is 12.1 Å². The topological polar surface area (TPSA) is 101 Å². The van der Waals surface area contributed by atoms with Crippen LogP contribution in [0.1, 0.15) is 41.4 Å². The van der Waals surface area contributed by atoms with Gasteiger partial charge in [0.25, 0.3) is 5.91 Å². The van der Waals surface area contributed by atoms with Gasteiger partial charge in [-0.05, 0) is 24.5 Å². The molecular formula is C13H17N5O2. The molecule has 0 aliphatic heterocycles. The molecule has 3 rings (SSSR count). The molecular weight excluding hydrogens is 258 g/mol. The number of rotatable bonds is 4. The number of aromatic amines is 1. The van der Waals surface area contributed by atoms with Crippen LogP contribution in [0.2, 0.25) is 0 Å². The SMILES string of the molecule is CC1CC1c1ccc(CN(C)C(=O)c2nc(N)n[nH]2)o1. The van der Waals surface area contributed by atoms with Crippen molar-refractivity contribution in [2.45, 2.75) is 25.8 Å². The molecule has 3 N–H and O–H groups in total. The second kappa shape index (κ2) is 4.66. The lowest BCUT2D eigenvalue weighted by atomic mass is 10.3. The third-order valence-electron chi connectivity index (χ3n) is 3.60. The largest absolute Gasteiger partial charge is 0.464 e. The Labute approximate surface area is 116 Å². The number of carbonyl (C=O) groups is 1. The van der Waals surface area contributed by atoms with Crippen molar-refractivity contribution in [3.8, 4) is 0 Å². The molecule has 2 aromatic rings. The zero-order chi connectivity index (χ0) is 14.3. The summed E-state index contributed by atoms with van der Waals surface area (Å²) in [4.78, 5) is 17.4. The van der Waals surface area contributed by atoms with E-state index in [1.54, 1.807) is 7.05 Å². The van der Waals surface area contributed by atoms with Crippen LogP contribution in [-0.4, -0.2) is 33.0 Å². The number of nitrogens with two attached hydrogens (primary N) is 1. The van der Waals surface area contributed by atoms with Crippen molar-refractivity contribution in [2.24, 2.45) is 5.92 Å². The number of carbonyl (C=O) groups excluding carboxylic acids is 1. The molecule has 2 aromatic heterocycles. The van der Waals surface area contributed by atoms with E-state index in [0.29, 0.717) is 18.4 Å². The average Bonchev–Trinajstić information content (AvgIpc) is 2.80. The number of hydrogen-bond donors (Lipinski definition) is 2. The van der Waals surface area contributed by atoms with Gasteiger partial charge in [0.2, 0.25) is 11.8 Å². The molecule has 106 valence electrons. The van der Waals surface area contributed by atoms with Crippen LogP contribution in [-0.2, 0) is 6.54 Å². The highest BCUT2D eigenvalue weighted by Gasteiger charge is 2.36. The molecule has 7 heteroatoms. The Morgan fingerprint density at radius 2 is 2.35 bits per heavy atom. The first-order chi connectivity index (χ1) is 9.54. The van der Waals surface area contributed by atoms with Crippen molar-refractivity contribution in [1.82, 2.24) is 20.1 Å².